The summed E-state index contributed by atoms with van der Waals surface area (Å²) in [5, 5.41) is 0. The summed E-state index contributed by atoms with van der Waals surface area (Å²) in [6.07, 6.45) is 1.42. The van der Waals surface area contributed by atoms with E-state index in [-0.39, 0.29) is 12.2 Å². The van der Waals surface area contributed by atoms with Gasteiger partial charge in [0.25, 0.3) is 0 Å². The van der Waals surface area contributed by atoms with E-state index in [1.54, 1.807) is 13.2 Å². The van der Waals surface area contributed by atoms with Gasteiger partial charge in [0.2, 0.25) is 0 Å². The molecule has 2 aromatic rings. The summed E-state index contributed by atoms with van der Waals surface area (Å²) in [5.41, 5.74) is 2.15. The molecule has 0 aliphatic carbocycles. The molecule has 6 heteroatoms. The van der Waals surface area contributed by atoms with Crippen molar-refractivity contribution in [2.24, 2.45) is 0 Å². The first-order valence-electron chi connectivity index (χ1n) is 11.4. The molecule has 1 fully saturated rings. The summed E-state index contributed by atoms with van der Waals surface area (Å²) in [7, 11) is -0.449. The predicted octanol–water partition coefficient (Wildman–Crippen LogP) is 5.49. The van der Waals surface area contributed by atoms with E-state index >= 15 is 0 Å². The Morgan fingerprint density at radius 3 is 1.88 bits per heavy atom. The molecule has 0 bridgehead atoms. The highest BCUT2D eigenvalue weighted by Crippen LogP contribution is 2.33. The van der Waals surface area contributed by atoms with Gasteiger partial charge in [-0.1, -0.05) is 72.8 Å². The van der Waals surface area contributed by atoms with Crippen molar-refractivity contribution in [3.8, 4) is 0 Å². The normalized spacial score (nSPS) is 25.5. The molecule has 0 saturated carbocycles. The first-order chi connectivity index (χ1) is 16.0. The largest absolute Gasteiger partial charge is 0.408 e. The van der Waals surface area contributed by atoms with E-state index in [2.05, 4.69) is 26.3 Å². The molecule has 0 aromatic heterocycles. The molecular weight excluding hydrogens is 432 g/mol. The molecule has 3 rings (SSSR count). The molecular formula is C27H36O5Si. The van der Waals surface area contributed by atoms with Crippen LogP contribution in [0.3, 0.4) is 0 Å². The Hall–Kier alpha value is -2.06. The van der Waals surface area contributed by atoms with Crippen molar-refractivity contribution in [2.75, 3.05) is 7.11 Å². The highest BCUT2D eigenvalue weighted by atomic mass is 28.4. The fraction of sp³-hybridized carbons (Fsp3) is 0.407. The molecule has 2 aromatic carbocycles. The molecule has 1 aliphatic heterocycles. The number of hydrogen-bond acceptors (Lipinski definition) is 5. The summed E-state index contributed by atoms with van der Waals surface area (Å²) >= 11 is 0. The van der Waals surface area contributed by atoms with Gasteiger partial charge in [-0.25, -0.2) is 0 Å². The molecule has 5 atom stereocenters. The zero-order valence-electron chi connectivity index (χ0n) is 19.9. The van der Waals surface area contributed by atoms with E-state index < -0.39 is 26.8 Å². The Bertz CT molecular complexity index is 857. The average molecular weight is 469 g/mol. The minimum Gasteiger partial charge on any atom is -0.408 e. The molecule has 1 heterocycles. The first-order valence-corrected chi connectivity index (χ1v) is 14.5. The highest BCUT2D eigenvalue weighted by molar-refractivity contribution is 6.71. The Labute approximate surface area is 199 Å². The molecule has 1 aliphatic rings. The van der Waals surface area contributed by atoms with Crippen molar-refractivity contribution in [3.05, 3.63) is 97.1 Å². The number of benzene rings is 2. The summed E-state index contributed by atoms with van der Waals surface area (Å²) in [6.45, 7) is 13.1. The van der Waals surface area contributed by atoms with Crippen LogP contribution < -0.4 is 0 Å². The number of methoxy groups -OCH3 is 1. The van der Waals surface area contributed by atoms with Gasteiger partial charge in [0.1, 0.15) is 24.4 Å². The van der Waals surface area contributed by atoms with E-state index in [1.807, 2.05) is 66.7 Å². The summed E-state index contributed by atoms with van der Waals surface area (Å²) in [4.78, 5) is 0. The van der Waals surface area contributed by atoms with Crippen molar-refractivity contribution in [1.29, 1.82) is 0 Å². The van der Waals surface area contributed by atoms with Crippen LogP contribution >= 0.6 is 0 Å². The van der Waals surface area contributed by atoms with Gasteiger partial charge >= 0.3 is 0 Å². The lowest BCUT2D eigenvalue weighted by molar-refractivity contribution is -0.299. The van der Waals surface area contributed by atoms with Gasteiger partial charge in [0.05, 0.1) is 13.2 Å². The molecule has 33 heavy (non-hydrogen) atoms. The monoisotopic (exact) mass is 468 g/mol. The number of hydrogen-bond donors (Lipinski definition) is 0. The number of ether oxygens (including phenoxy) is 4. The van der Waals surface area contributed by atoms with Gasteiger partial charge < -0.3 is 23.4 Å². The second kappa shape index (κ2) is 12.4. The van der Waals surface area contributed by atoms with Gasteiger partial charge in [0.15, 0.2) is 14.6 Å². The molecule has 0 amide bonds. The van der Waals surface area contributed by atoms with E-state index in [9.17, 15) is 0 Å². The topological polar surface area (TPSA) is 46.2 Å². The van der Waals surface area contributed by atoms with Gasteiger partial charge in [-0.2, -0.15) is 0 Å². The summed E-state index contributed by atoms with van der Waals surface area (Å²) in [5.74, 6) is 0. The van der Waals surface area contributed by atoms with Crippen LogP contribution in [0.5, 0.6) is 0 Å². The smallest absolute Gasteiger partial charge is 0.191 e. The van der Waals surface area contributed by atoms with Crippen molar-refractivity contribution in [1.82, 2.24) is 0 Å². The maximum Gasteiger partial charge on any atom is 0.191 e. The van der Waals surface area contributed by atoms with Crippen LogP contribution in [0.25, 0.3) is 0 Å². The standard InChI is InChI=1S/C27H36O5Si/c1-6-18-33(4,5)32-24-23(7-2)31-27(28-3)26(30-20-22-16-12-9-13-17-22)25(24)29-19-21-14-10-8-11-15-21/h6-17,23-27H,1-2,18-20H2,3-5H3/t23-,24-,25+,26-,27+/m1/s1. The van der Waals surface area contributed by atoms with Crippen LogP contribution in [0.2, 0.25) is 19.1 Å². The van der Waals surface area contributed by atoms with Crippen molar-refractivity contribution < 1.29 is 23.4 Å². The third kappa shape index (κ3) is 7.21. The van der Waals surface area contributed by atoms with Crippen molar-refractivity contribution in [2.45, 2.75) is 63.1 Å². The second-order valence-electron chi connectivity index (χ2n) is 8.80. The van der Waals surface area contributed by atoms with Gasteiger partial charge in [-0.05, 0) is 30.3 Å². The van der Waals surface area contributed by atoms with E-state index in [4.69, 9.17) is 23.4 Å². The second-order valence-corrected chi connectivity index (χ2v) is 13.0. The Morgan fingerprint density at radius 2 is 1.39 bits per heavy atom. The van der Waals surface area contributed by atoms with Crippen LogP contribution in [0, 0.1) is 0 Å². The fourth-order valence-electron chi connectivity index (χ4n) is 4.01. The van der Waals surface area contributed by atoms with E-state index in [1.165, 1.54) is 0 Å². The van der Waals surface area contributed by atoms with Gasteiger partial charge in [0, 0.05) is 7.11 Å². The SMILES string of the molecule is C=CC[Si](C)(C)O[C@H]1[C@H](OCc2ccccc2)[C@@H](OCc2ccccc2)[C@@H](OC)O[C@@H]1C=C. The van der Waals surface area contributed by atoms with Crippen LogP contribution in [-0.2, 0) is 36.6 Å². The highest BCUT2D eigenvalue weighted by Gasteiger charge is 2.49. The quantitative estimate of drug-likeness (QED) is 0.304. The molecule has 0 spiro atoms. The maximum atomic E-state index is 6.71. The third-order valence-electron chi connectivity index (χ3n) is 5.66. The average Bonchev–Trinajstić information content (AvgIpc) is 2.83. The third-order valence-corrected chi connectivity index (χ3v) is 7.84. The number of allylic oxidation sites excluding steroid dienone is 1. The number of rotatable bonds is 12. The lowest BCUT2D eigenvalue weighted by Crippen LogP contribution is -2.62. The lowest BCUT2D eigenvalue weighted by Gasteiger charge is -2.47. The van der Waals surface area contributed by atoms with Crippen LogP contribution in [-0.4, -0.2) is 46.1 Å². The van der Waals surface area contributed by atoms with Crippen LogP contribution in [0.15, 0.2) is 86.0 Å². The molecule has 5 nitrogen and oxygen atoms in total. The van der Waals surface area contributed by atoms with Gasteiger partial charge in [-0.3, -0.25) is 0 Å². The predicted molar refractivity (Wildman–Crippen MR) is 133 cm³/mol. The molecule has 178 valence electrons. The maximum absolute atomic E-state index is 6.71. The minimum absolute atomic E-state index is 0.375. The molecule has 1 saturated heterocycles. The van der Waals surface area contributed by atoms with Crippen molar-refractivity contribution >= 4 is 8.32 Å². The summed E-state index contributed by atoms with van der Waals surface area (Å²) < 4.78 is 31.5. The van der Waals surface area contributed by atoms with E-state index in [0.29, 0.717) is 13.2 Å². The van der Waals surface area contributed by atoms with E-state index in [0.717, 1.165) is 17.2 Å². The molecule has 0 radical (unpaired) electrons. The zero-order chi connectivity index (χ0) is 23.7. The van der Waals surface area contributed by atoms with Crippen LogP contribution in [0.4, 0.5) is 0 Å². The lowest BCUT2D eigenvalue weighted by atomic mass is 9.98. The van der Waals surface area contributed by atoms with Crippen molar-refractivity contribution in [3.63, 3.8) is 0 Å². The Kier molecular flexibility index (Phi) is 9.61. The molecule has 0 N–H and O–H groups in total. The van der Waals surface area contributed by atoms with Crippen LogP contribution in [0.1, 0.15) is 11.1 Å². The summed E-state index contributed by atoms with van der Waals surface area (Å²) in [6, 6.07) is 21.0. The Balaban J connectivity index is 1.88. The molecule has 0 unspecified atom stereocenters. The minimum atomic E-state index is -2.07. The fourth-order valence-corrected chi connectivity index (χ4v) is 5.81. The van der Waals surface area contributed by atoms with Gasteiger partial charge in [-0.15, -0.1) is 13.2 Å². The Morgan fingerprint density at radius 1 is 0.848 bits per heavy atom. The first kappa shape index (κ1) is 25.6. The zero-order valence-corrected chi connectivity index (χ0v) is 20.9.